The summed E-state index contributed by atoms with van der Waals surface area (Å²) >= 11 is 0. The lowest BCUT2D eigenvalue weighted by Gasteiger charge is -2.31. The standard InChI is InChI=1S/C20H43NO2/c1-3-5-7-8-9-10-11-12-13-15-20(14-6-4-2)21(16-18-22)17-19-23/h20,22-23H,3-19H2,1-2H3. The number of hydrogen-bond donors (Lipinski definition) is 2. The molecule has 0 aromatic heterocycles. The summed E-state index contributed by atoms with van der Waals surface area (Å²) < 4.78 is 0. The van der Waals surface area contributed by atoms with Gasteiger partial charge in [-0.25, -0.2) is 0 Å². The lowest BCUT2D eigenvalue weighted by Crippen LogP contribution is -2.39. The van der Waals surface area contributed by atoms with Crippen LogP contribution >= 0.6 is 0 Å². The molecular weight excluding hydrogens is 286 g/mol. The van der Waals surface area contributed by atoms with Gasteiger partial charge in [-0.1, -0.05) is 84.5 Å². The molecule has 1 unspecified atom stereocenters. The lowest BCUT2D eigenvalue weighted by molar-refractivity contribution is 0.109. The average Bonchev–Trinajstić information content (AvgIpc) is 2.56. The minimum absolute atomic E-state index is 0.195. The van der Waals surface area contributed by atoms with Crippen LogP contribution in [0.1, 0.15) is 97.3 Å². The molecule has 0 aliphatic rings. The molecule has 3 heteroatoms. The quantitative estimate of drug-likeness (QED) is 0.357. The number of nitrogens with zero attached hydrogens (tertiary/aromatic N) is 1. The average molecular weight is 330 g/mol. The van der Waals surface area contributed by atoms with E-state index in [1.165, 1.54) is 83.5 Å². The molecule has 0 saturated carbocycles. The van der Waals surface area contributed by atoms with E-state index in [2.05, 4.69) is 18.7 Å². The minimum atomic E-state index is 0.195. The van der Waals surface area contributed by atoms with E-state index in [4.69, 9.17) is 0 Å². The van der Waals surface area contributed by atoms with Gasteiger partial charge < -0.3 is 10.2 Å². The Hall–Kier alpha value is -0.120. The molecule has 1 atom stereocenters. The van der Waals surface area contributed by atoms with Crippen LogP contribution in [0.4, 0.5) is 0 Å². The fourth-order valence-electron chi connectivity index (χ4n) is 3.37. The summed E-state index contributed by atoms with van der Waals surface area (Å²) in [5.41, 5.74) is 0. The van der Waals surface area contributed by atoms with Crippen LogP contribution in [0.5, 0.6) is 0 Å². The summed E-state index contributed by atoms with van der Waals surface area (Å²) in [6.07, 6.45) is 17.2. The van der Waals surface area contributed by atoms with E-state index in [0.717, 1.165) is 0 Å². The van der Waals surface area contributed by atoms with Crippen LogP contribution in [0.2, 0.25) is 0 Å². The fraction of sp³-hybridized carbons (Fsp3) is 1.00. The molecule has 0 aromatic rings. The molecule has 23 heavy (non-hydrogen) atoms. The Bertz CT molecular complexity index is 218. The highest BCUT2D eigenvalue weighted by Gasteiger charge is 2.16. The maximum Gasteiger partial charge on any atom is 0.0558 e. The van der Waals surface area contributed by atoms with E-state index < -0.39 is 0 Å². The van der Waals surface area contributed by atoms with Crippen LogP contribution < -0.4 is 0 Å². The van der Waals surface area contributed by atoms with E-state index in [9.17, 15) is 10.2 Å². The SMILES string of the molecule is CCCCCCCCCCCC(CCCC)N(CCO)CCO. The second kappa shape index (κ2) is 18.2. The molecule has 0 saturated heterocycles. The second-order valence-corrected chi connectivity index (χ2v) is 6.90. The van der Waals surface area contributed by atoms with Crippen molar-refractivity contribution in [2.75, 3.05) is 26.3 Å². The summed E-state index contributed by atoms with van der Waals surface area (Å²) in [5, 5.41) is 18.5. The number of hydrogen-bond acceptors (Lipinski definition) is 3. The predicted octanol–water partition coefficient (Wildman–Crippen LogP) is 4.75. The second-order valence-electron chi connectivity index (χ2n) is 6.90. The van der Waals surface area contributed by atoms with Gasteiger partial charge in [0, 0.05) is 19.1 Å². The maximum atomic E-state index is 9.24. The molecule has 0 heterocycles. The van der Waals surface area contributed by atoms with Crippen molar-refractivity contribution in [3.05, 3.63) is 0 Å². The highest BCUT2D eigenvalue weighted by Crippen LogP contribution is 2.17. The van der Waals surface area contributed by atoms with Crippen molar-refractivity contribution in [3.8, 4) is 0 Å². The maximum absolute atomic E-state index is 9.24. The molecule has 0 aliphatic carbocycles. The van der Waals surface area contributed by atoms with Gasteiger partial charge in [-0.15, -0.1) is 0 Å². The first-order valence-electron chi connectivity index (χ1n) is 10.3. The van der Waals surface area contributed by atoms with Crippen molar-refractivity contribution in [1.82, 2.24) is 4.90 Å². The zero-order valence-corrected chi connectivity index (χ0v) is 15.9. The van der Waals surface area contributed by atoms with E-state index in [1.54, 1.807) is 0 Å². The lowest BCUT2D eigenvalue weighted by atomic mass is 9.99. The molecule has 0 amide bonds. The molecule has 0 bridgehead atoms. The Kier molecular flexibility index (Phi) is 18.1. The van der Waals surface area contributed by atoms with Crippen molar-refractivity contribution in [1.29, 1.82) is 0 Å². The predicted molar refractivity (Wildman–Crippen MR) is 101 cm³/mol. The molecule has 0 spiro atoms. The molecule has 0 fully saturated rings. The normalized spacial score (nSPS) is 12.9. The summed E-state index contributed by atoms with van der Waals surface area (Å²) in [6, 6.07) is 0.541. The summed E-state index contributed by atoms with van der Waals surface area (Å²) in [7, 11) is 0. The minimum Gasteiger partial charge on any atom is -0.395 e. The molecule has 140 valence electrons. The highest BCUT2D eigenvalue weighted by molar-refractivity contribution is 4.72. The van der Waals surface area contributed by atoms with E-state index in [-0.39, 0.29) is 13.2 Å². The van der Waals surface area contributed by atoms with Crippen molar-refractivity contribution < 1.29 is 10.2 Å². The van der Waals surface area contributed by atoms with Gasteiger partial charge in [0.1, 0.15) is 0 Å². The fourth-order valence-corrected chi connectivity index (χ4v) is 3.37. The smallest absolute Gasteiger partial charge is 0.0558 e. The third-order valence-electron chi connectivity index (χ3n) is 4.82. The van der Waals surface area contributed by atoms with Crippen molar-refractivity contribution >= 4 is 0 Å². The van der Waals surface area contributed by atoms with Crippen molar-refractivity contribution in [2.24, 2.45) is 0 Å². The van der Waals surface area contributed by atoms with Gasteiger partial charge in [0.25, 0.3) is 0 Å². The summed E-state index contributed by atoms with van der Waals surface area (Å²) in [4.78, 5) is 2.29. The van der Waals surface area contributed by atoms with Crippen molar-refractivity contribution in [3.63, 3.8) is 0 Å². The number of rotatable bonds is 18. The molecule has 0 aromatic carbocycles. The summed E-state index contributed by atoms with van der Waals surface area (Å²) in [6.45, 7) is 6.30. The molecule has 3 nitrogen and oxygen atoms in total. The third-order valence-corrected chi connectivity index (χ3v) is 4.82. The van der Waals surface area contributed by atoms with Gasteiger partial charge in [0.05, 0.1) is 13.2 Å². The van der Waals surface area contributed by atoms with Gasteiger partial charge in [-0.2, -0.15) is 0 Å². The number of aliphatic hydroxyl groups excluding tert-OH is 2. The Morgan fingerprint density at radius 3 is 1.52 bits per heavy atom. The zero-order chi connectivity index (χ0) is 17.2. The summed E-state index contributed by atoms with van der Waals surface area (Å²) in [5.74, 6) is 0. The first-order valence-corrected chi connectivity index (χ1v) is 10.3. The van der Waals surface area contributed by atoms with Gasteiger partial charge >= 0.3 is 0 Å². The molecule has 0 aliphatic heterocycles. The number of aliphatic hydroxyl groups is 2. The largest absolute Gasteiger partial charge is 0.395 e. The van der Waals surface area contributed by atoms with Crippen LogP contribution in [-0.2, 0) is 0 Å². The van der Waals surface area contributed by atoms with Gasteiger partial charge in [-0.05, 0) is 12.8 Å². The first-order chi connectivity index (χ1) is 11.3. The molecule has 2 N–H and O–H groups in total. The highest BCUT2D eigenvalue weighted by atomic mass is 16.3. The third kappa shape index (κ3) is 14.0. The Balaban J connectivity index is 3.86. The van der Waals surface area contributed by atoms with Crippen LogP contribution in [0, 0.1) is 0 Å². The van der Waals surface area contributed by atoms with Crippen LogP contribution in [0.25, 0.3) is 0 Å². The van der Waals surface area contributed by atoms with E-state index in [1.807, 2.05) is 0 Å². The number of unbranched alkanes of at least 4 members (excludes halogenated alkanes) is 9. The Labute approximate surface area is 145 Å². The van der Waals surface area contributed by atoms with Crippen LogP contribution in [0.15, 0.2) is 0 Å². The van der Waals surface area contributed by atoms with Crippen LogP contribution in [-0.4, -0.2) is 47.5 Å². The molecule has 0 radical (unpaired) electrons. The molecular formula is C20H43NO2. The van der Waals surface area contributed by atoms with E-state index in [0.29, 0.717) is 19.1 Å². The molecule has 0 rings (SSSR count). The first kappa shape index (κ1) is 22.9. The van der Waals surface area contributed by atoms with Crippen molar-refractivity contribution in [2.45, 2.75) is 103 Å². The van der Waals surface area contributed by atoms with Gasteiger partial charge in [-0.3, -0.25) is 4.90 Å². The van der Waals surface area contributed by atoms with Gasteiger partial charge in [0.15, 0.2) is 0 Å². The topological polar surface area (TPSA) is 43.7 Å². The van der Waals surface area contributed by atoms with Crippen LogP contribution in [0.3, 0.4) is 0 Å². The Morgan fingerprint density at radius 1 is 0.609 bits per heavy atom. The van der Waals surface area contributed by atoms with E-state index >= 15 is 0 Å². The van der Waals surface area contributed by atoms with Gasteiger partial charge in [0.2, 0.25) is 0 Å². The Morgan fingerprint density at radius 2 is 1.04 bits per heavy atom. The zero-order valence-electron chi connectivity index (χ0n) is 15.9. The monoisotopic (exact) mass is 329 g/mol.